The number of unbranched alkanes of at least 4 members (excludes halogenated alkanes) is 1. The minimum atomic E-state index is -0.711. The molecule has 9 nitrogen and oxygen atoms in total. The van der Waals surface area contributed by atoms with E-state index in [1.807, 2.05) is 6.92 Å². The summed E-state index contributed by atoms with van der Waals surface area (Å²) in [5.74, 6) is 0.163. The summed E-state index contributed by atoms with van der Waals surface area (Å²) in [6.45, 7) is 2.19. The zero-order valence-corrected chi connectivity index (χ0v) is 14.6. The third kappa shape index (κ3) is 3.44. The summed E-state index contributed by atoms with van der Waals surface area (Å²) in [6.07, 6.45) is 1.48. The average Bonchev–Trinajstić information content (AvgIpc) is 2.91. The van der Waals surface area contributed by atoms with Crippen molar-refractivity contribution in [2.75, 3.05) is 21.3 Å². The predicted octanol–water partition coefficient (Wildman–Crippen LogP) is 0.852. The Kier molecular flexibility index (Phi) is 5.68. The van der Waals surface area contributed by atoms with Crippen LogP contribution in [-0.2, 0) is 6.54 Å². The molecule has 2 rings (SSSR count). The van der Waals surface area contributed by atoms with Gasteiger partial charge in [-0.2, -0.15) is 4.68 Å². The number of carbonyl (C=O) groups excluding carboxylic acids is 1. The Labute approximate surface area is 143 Å². The van der Waals surface area contributed by atoms with Gasteiger partial charge in [-0.1, -0.05) is 13.3 Å². The van der Waals surface area contributed by atoms with Crippen LogP contribution in [0.5, 0.6) is 17.2 Å². The lowest BCUT2D eigenvalue weighted by Gasteiger charge is -2.13. The Balaban J connectivity index is 2.52. The van der Waals surface area contributed by atoms with Crippen LogP contribution in [0.15, 0.2) is 21.7 Å². The topological polar surface area (TPSA) is 105 Å². The van der Waals surface area contributed by atoms with Crippen molar-refractivity contribution in [3.63, 3.8) is 0 Å². The number of ether oxygens (including phenoxy) is 3. The van der Waals surface area contributed by atoms with Gasteiger partial charge in [-0.15, -0.1) is 0 Å². The van der Waals surface area contributed by atoms with Gasteiger partial charge in [0.05, 0.1) is 21.3 Å². The molecule has 0 radical (unpaired) electrons. The van der Waals surface area contributed by atoms with E-state index in [1.165, 1.54) is 33.5 Å². The molecule has 1 aromatic heterocycles. The van der Waals surface area contributed by atoms with Gasteiger partial charge in [0.2, 0.25) is 5.75 Å². The zero-order chi connectivity index (χ0) is 18.6. The summed E-state index contributed by atoms with van der Waals surface area (Å²) in [5.41, 5.74) is -1.23. The second-order valence-electron chi connectivity index (χ2n) is 5.26. The molecule has 0 aliphatic heterocycles. The number of hydrogen-bond acceptors (Lipinski definition) is 6. The normalized spacial score (nSPS) is 10.6. The van der Waals surface area contributed by atoms with E-state index in [9.17, 15) is 14.4 Å². The number of rotatable bonds is 7. The van der Waals surface area contributed by atoms with E-state index in [2.05, 4.69) is 5.10 Å². The molecule has 0 saturated heterocycles. The molecule has 1 heterocycles. The Morgan fingerprint density at radius 3 is 2.16 bits per heavy atom. The van der Waals surface area contributed by atoms with Crippen LogP contribution in [0.1, 0.15) is 30.1 Å². The summed E-state index contributed by atoms with van der Waals surface area (Å²) in [5, 5.41) is 2.27. The summed E-state index contributed by atoms with van der Waals surface area (Å²) in [4.78, 5) is 36.9. The molecule has 0 fully saturated rings. The number of benzene rings is 1. The third-order valence-electron chi connectivity index (χ3n) is 3.72. The van der Waals surface area contributed by atoms with Gasteiger partial charge in [-0.25, -0.2) is 19.3 Å². The Bertz CT molecular complexity index is 852. The molecular formula is C16H21N3O6. The molecule has 1 N–H and O–H groups in total. The maximum atomic E-state index is 12.7. The lowest BCUT2D eigenvalue weighted by Crippen LogP contribution is -2.32. The molecular weight excluding hydrogens is 330 g/mol. The van der Waals surface area contributed by atoms with Gasteiger partial charge in [-0.3, -0.25) is 4.79 Å². The number of nitrogens with zero attached hydrogens (tertiary/aromatic N) is 2. The smallest absolute Gasteiger partial charge is 0.354 e. The van der Waals surface area contributed by atoms with E-state index < -0.39 is 17.3 Å². The van der Waals surface area contributed by atoms with Crippen LogP contribution in [-0.4, -0.2) is 41.6 Å². The van der Waals surface area contributed by atoms with Gasteiger partial charge in [0.15, 0.2) is 11.5 Å². The van der Waals surface area contributed by atoms with Gasteiger partial charge >= 0.3 is 11.4 Å². The van der Waals surface area contributed by atoms with E-state index in [1.54, 1.807) is 0 Å². The molecule has 136 valence electrons. The number of carbonyl (C=O) groups is 1. The highest BCUT2D eigenvalue weighted by Gasteiger charge is 2.21. The van der Waals surface area contributed by atoms with Crippen LogP contribution in [0.3, 0.4) is 0 Å². The van der Waals surface area contributed by atoms with Crippen molar-refractivity contribution < 1.29 is 19.0 Å². The van der Waals surface area contributed by atoms with Crippen molar-refractivity contribution in [1.82, 2.24) is 14.3 Å². The molecule has 9 heteroatoms. The van der Waals surface area contributed by atoms with E-state index in [4.69, 9.17) is 14.2 Å². The Morgan fingerprint density at radius 2 is 1.68 bits per heavy atom. The fourth-order valence-electron chi connectivity index (χ4n) is 2.40. The van der Waals surface area contributed by atoms with E-state index in [-0.39, 0.29) is 23.6 Å². The van der Waals surface area contributed by atoms with Gasteiger partial charge in [0.25, 0.3) is 5.91 Å². The Morgan fingerprint density at radius 1 is 1.08 bits per heavy atom. The summed E-state index contributed by atoms with van der Waals surface area (Å²) < 4.78 is 17.3. The second kappa shape index (κ2) is 7.73. The van der Waals surface area contributed by atoms with E-state index in [0.29, 0.717) is 16.9 Å². The molecule has 0 aliphatic carbocycles. The maximum absolute atomic E-state index is 12.7. The van der Waals surface area contributed by atoms with Crippen LogP contribution >= 0.6 is 0 Å². The first-order valence-electron chi connectivity index (χ1n) is 7.75. The highest BCUT2D eigenvalue weighted by Crippen LogP contribution is 2.38. The molecule has 0 spiro atoms. The van der Waals surface area contributed by atoms with Crippen molar-refractivity contribution in [1.29, 1.82) is 0 Å². The average molecular weight is 351 g/mol. The fourth-order valence-corrected chi connectivity index (χ4v) is 2.40. The van der Waals surface area contributed by atoms with Gasteiger partial charge in [0, 0.05) is 12.1 Å². The van der Waals surface area contributed by atoms with Crippen LogP contribution in [0.25, 0.3) is 0 Å². The third-order valence-corrected chi connectivity index (χ3v) is 3.72. The van der Waals surface area contributed by atoms with Crippen LogP contribution in [0.4, 0.5) is 0 Å². The Hall–Kier alpha value is -2.97. The van der Waals surface area contributed by atoms with Crippen molar-refractivity contribution in [3.05, 3.63) is 38.7 Å². The highest BCUT2D eigenvalue weighted by atomic mass is 16.5. The molecule has 0 unspecified atom stereocenters. The highest BCUT2D eigenvalue weighted by molar-refractivity contribution is 5.96. The van der Waals surface area contributed by atoms with Crippen LogP contribution < -0.4 is 25.6 Å². The molecule has 2 aromatic rings. The quantitative estimate of drug-likeness (QED) is 0.793. The van der Waals surface area contributed by atoms with Gasteiger partial charge in [0.1, 0.15) is 0 Å². The first-order valence-corrected chi connectivity index (χ1v) is 7.75. The van der Waals surface area contributed by atoms with Crippen LogP contribution in [0.2, 0.25) is 0 Å². The molecule has 0 saturated carbocycles. The maximum Gasteiger partial charge on any atom is 0.354 e. The summed E-state index contributed by atoms with van der Waals surface area (Å²) in [7, 11) is 4.28. The monoisotopic (exact) mass is 351 g/mol. The van der Waals surface area contributed by atoms with Gasteiger partial charge < -0.3 is 14.2 Å². The first kappa shape index (κ1) is 18.4. The molecule has 0 atom stereocenters. The van der Waals surface area contributed by atoms with E-state index >= 15 is 0 Å². The predicted molar refractivity (Wildman–Crippen MR) is 90.0 cm³/mol. The van der Waals surface area contributed by atoms with Crippen molar-refractivity contribution in [2.24, 2.45) is 0 Å². The standard InChI is InChI=1S/C16H21N3O6/c1-5-6-7-18-15(21)17-19(16(18)22)14(20)10-8-11(23-2)13(25-4)12(9-10)24-3/h8-9H,5-7H2,1-4H3,(H,17,21). The van der Waals surface area contributed by atoms with Gasteiger partial charge in [-0.05, 0) is 18.6 Å². The number of methoxy groups -OCH3 is 3. The van der Waals surface area contributed by atoms with Crippen molar-refractivity contribution >= 4 is 5.91 Å². The van der Waals surface area contributed by atoms with Crippen molar-refractivity contribution in [3.8, 4) is 17.2 Å². The summed E-state index contributed by atoms with van der Waals surface area (Å²) in [6, 6.07) is 2.83. The molecule has 25 heavy (non-hydrogen) atoms. The number of hydrogen-bond donors (Lipinski definition) is 1. The second-order valence-corrected chi connectivity index (χ2v) is 5.26. The van der Waals surface area contributed by atoms with E-state index in [0.717, 1.165) is 11.0 Å². The molecule has 0 bridgehead atoms. The first-order chi connectivity index (χ1) is 12.0. The number of aromatic amines is 1. The largest absolute Gasteiger partial charge is 0.493 e. The lowest BCUT2D eigenvalue weighted by molar-refractivity contribution is 0.0938. The zero-order valence-electron chi connectivity index (χ0n) is 14.6. The minimum absolute atomic E-state index is 0.112. The number of nitrogens with one attached hydrogen (secondary N) is 1. The molecule has 0 amide bonds. The summed E-state index contributed by atoms with van der Waals surface area (Å²) >= 11 is 0. The fraction of sp³-hybridized carbons (Fsp3) is 0.438. The van der Waals surface area contributed by atoms with Crippen LogP contribution in [0, 0.1) is 0 Å². The lowest BCUT2D eigenvalue weighted by atomic mass is 10.1. The minimum Gasteiger partial charge on any atom is -0.493 e. The molecule has 1 aromatic carbocycles. The van der Waals surface area contributed by atoms with Crippen molar-refractivity contribution in [2.45, 2.75) is 26.3 Å². The molecule has 0 aliphatic rings. The number of aromatic nitrogens is 3. The SMILES string of the molecule is CCCCn1c(=O)[nH]n(C(=O)c2cc(OC)c(OC)c(OC)c2)c1=O. The number of H-pyrrole nitrogens is 1.